The van der Waals surface area contributed by atoms with Gasteiger partial charge in [0.25, 0.3) is 0 Å². The van der Waals surface area contributed by atoms with Gasteiger partial charge in [-0.15, -0.1) is 0 Å². The SMILES string of the molecule is COc1cc2ncnc(NC(=O)CCC(C)(C)C)c2cc1OC.[HH]. The number of benzene rings is 1. The molecule has 6 nitrogen and oxygen atoms in total. The second-order valence-electron chi connectivity index (χ2n) is 6.56. The van der Waals surface area contributed by atoms with E-state index < -0.39 is 0 Å². The number of carbonyl (C=O) groups is 1. The second kappa shape index (κ2) is 6.81. The first kappa shape index (κ1) is 17.0. The lowest BCUT2D eigenvalue weighted by Gasteiger charge is -2.17. The minimum Gasteiger partial charge on any atom is -0.493 e. The van der Waals surface area contributed by atoms with Crippen molar-refractivity contribution in [1.82, 2.24) is 9.97 Å². The number of methoxy groups -OCH3 is 2. The fourth-order valence-corrected chi connectivity index (χ4v) is 2.17. The van der Waals surface area contributed by atoms with Crippen molar-refractivity contribution in [2.45, 2.75) is 33.6 Å². The molecule has 0 spiro atoms. The van der Waals surface area contributed by atoms with Crippen LogP contribution >= 0.6 is 0 Å². The van der Waals surface area contributed by atoms with Gasteiger partial charge in [0.15, 0.2) is 11.5 Å². The first-order chi connectivity index (χ1) is 10.8. The molecule has 0 atom stereocenters. The molecule has 1 aromatic heterocycles. The second-order valence-corrected chi connectivity index (χ2v) is 6.56. The molecule has 0 bridgehead atoms. The van der Waals surface area contributed by atoms with Gasteiger partial charge in [-0.2, -0.15) is 0 Å². The van der Waals surface area contributed by atoms with Crippen LogP contribution in [0.2, 0.25) is 0 Å². The number of hydrogen-bond acceptors (Lipinski definition) is 5. The van der Waals surface area contributed by atoms with Gasteiger partial charge in [0.2, 0.25) is 5.91 Å². The average Bonchev–Trinajstić information content (AvgIpc) is 2.51. The van der Waals surface area contributed by atoms with E-state index in [1.165, 1.54) is 6.33 Å². The third-order valence-electron chi connectivity index (χ3n) is 3.50. The van der Waals surface area contributed by atoms with E-state index in [-0.39, 0.29) is 12.7 Å². The molecule has 1 heterocycles. The Hall–Kier alpha value is -2.37. The Morgan fingerprint density at radius 1 is 1.17 bits per heavy atom. The summed E-state index contributed by atoms with van der Waals surface area (Å²) < 4.78 is 10.6. The fraction of sp³-hybridized carbons (Fsp3) is 0.471. The first-order valence-corrected chi connectivity index (χ1v) is 7.50. The van der Waals surface area contributed by atoms with Crippen LogP contribution in [-0.4, -0.2) is 30.1 Å². The molecule has 0 saturated heterocycles. The summed E-state index contributed by atoms with van der Waals surface area (Å²) in [5.41, 5.74) is 0.797. The molecule has 0 fully saturated rings. The number of amides is 1. The quantitative estimate of drug-likeness (QED) is 0.910. The Morgan fingerprint density at radius 2 is 1.83 bits per heavy atom. The molecule has 0 aliphatic rings. The van der Waals surface area contributed by atoms with E-state index in [9.17, 15) is 4.79 Å². The van der Waals surface area contributed by atoms with E-state index in [0.29, 0.717) is 34.6 Å². The highest BCUT2D eigenvalue weighted by Gasteiger charge is 2.15. The minimum absolute atomic E-state index is 0. The van der Waals surface area contributed by atoms with Crippen molar-refractivity contribution < 1.29 is 15.7 Å². The summed E-state index contributed by atoms with van der Waals surface area (Å²) in [6.45, 7) is 6.33. The number of carbonyl (C=O) groups excluding carboxylic acids is 1. The summed E-state index contributed by atoms with van der Waals surface area (Å²) in [6.07, 6.45) is 2.68. The van der Waals surface area contributed by atoms with E-state index in [1.807, 2.05) is 0 Å². The lowest BCUT2D eigenvalue weighted by atomic mass is 9.90. The number of nitrogens with zero attached hydrogens (tertiary/aromatic N) is 2. The van der Waals surface area contributed by atoms with Crippen molar-refractivity contribution in [3.63, 3.8) is 0 Å². The highest BCUT2D eigenvalue weighted by Crippen LogP contribution is 2.33. The molecule has 2 aromatic rings. The standard InChI is InChI=1S/C17H23N3O3.H2/c1-17(2,3)7-6-15(21)20-16-11-8-13(22-4)14(23-5)9-12(11)18-10-19-16;/h8-10H,6-7H2,1-5H3,(H,18,19,20,21);1H. The molecule has 1 aromatic carbocycles. The molecular formula is C17H25N3O3. The summed E-state index contributed by atoms with van der Waals surface area (Å²) in [5.74, 6) is 1.58. The molecule has 0 aliphatic heterocycles. The Morgan fingerprint density at radius 3 is 2.43 bits per heavy atom. The van der Waals surface area contributed by atoms with Gasteiger partial charge in [-0.3, -0.25) is 4.79 Å². The van der Waals surface area contributed by atoms with Crippen molar-refractivity contribution in [3.05, 3.63) is 18.5 Å². The Kier molecular flexibility index (Phi) is 5.03. The Bertz CT molecular complexity index is 714. The van der Waals surface area contributed by atoms with Crippen LogP contribution in [0.15, 0.2) is 18.5 Å². The van der Waals surface area contributed by atoms with Gasteiger partial charge in [0, 0.05) is 19.3 Å². The van der Waals surface area contributed by atoms with Crippen molar-refractivity contribution in [3.8, 4) is 11.5 Å². The third-order valence-corrected chi connectivity index (χ3v) is 3.50. The number of anilines is 1. The van der Waals surface area contributed by atoms with Gasteiger partial charge in [0.1, 0.15) is 12.1 Å². The average molecular weight is 319 g/mol. The summed E-state index contributed by atoms with van der Waals surface area (Å²) in [6, 6.07) is 3.54. The van der Waals surface area contributed by atoms with Crippen LogP contribution in [0.5, 0.6) is 11.5 Å². The Balaban J connectivity index is 0.00000288. The summed E-state index contributed by atoms with van der Waals surface area (Å²) in [5, 5.41) is 3.58. The maximum Gasteiger partial charge on any atom is 0.225 e. The van der Waals surface area contributed by atoms with Crippen LogP contribution in [0.1, 0.15) is 35.0 Å². The van der Waals surface area contributed by atoms with Crippen LogP contribution in [0.3, 0.4) is 0 Å². The van der Waals surface area contributed by atoms with Crippen LogP contribution in [0, 0.1) is 5.41 Å². The van der Waals surface area contributed by atoms with Gasteiger partial charge < -0.3 is 14.8 Å². The topological polar surface area (TPSA) is 73.3 Å². The number of hydrogen-bond donors (Lipinski definition) is 1. The van der Waals surface area contributed by atoms with E-state index in [0.717, 1.165) is 6.42 Å². The molecule has 0 aliphatic carbocycles. The number of fused-ring (bicyclic) bond motifs is 1. The maximum absolute atomic E-state index is 12.2. The largest absolute Gasteiger partial charge is 0.493 e. The zero-order valence-electron chi connectivity index (χ0n) is 14.3. The van der Waals surface area contributed by atoms with Gasteiger partial charge >= 0.3 is 0 Å². The van der Waals surface area contributed by atoms with E-state index in [4.69, 9.17) is 9.47 Å². The molecule has 6 heteroatoms. The highest BCUT2D eigenvalue weighted by molar-refractivity contribution is 6.00. The maximum atomic E-state index is 12.2. The van der Waals surface area contributed by atoms with Crippen LogP contribution in [0.25, 0.3) is 10.9 Å². The minimum atomic E-state index is -0.0605. The monoisotopic (exact) mass is 319 g/mol. The van der Waals surface area contributed by atoms with E-state index >= 15 is 0 Å². The van der Waals surface area contributed by atoms with Crippen LogP contribution in [0.4, 0.5) is 5.82 Å². The molecule has 1 amide bonds. The number of rotatable bonds is 5. The molecule has 0 radical (unpaired) electrons. The number of ether oxygens (including phenoxy) is 2. The fourth-order valence-electron chi connectivity index (χ4n) is 2.17. The zero-order valence-corrected chi connectivity index (χ0v) is 14.3. The summed E-state index contributed by atoms with van der Waals surface area (Å²) in [7, 11) is 3.13. The summed E-state index contributed by atoms with van der Waals surface area (Å²) >= 11 is 0. The molecule has 2 rings (SSSR count). The van der Waals surface area contributed by atoms with Gasteiger partial charge in [-0.25, -0.2) is 9.97 Å². The predicted octanol–water partition coefficient (Wildman–Crippen LogP) is 3.66. The van der Waals surface area contributed by atoms with Crippen molar-refractivity contribution >= 4 is 22.6 Å². The number of aromatic nitrogens is 2. The van der Waals surface area contributed by atoms with Gasteiger partial charge in [-0.1, -0.05) is 20.8 Å². The molecule has 126 valence electrons. The first-order valence-electron chi connectivity index (χ1n) is 7.50. The Labute approximate surface area is 137 Å². The lowest BCUT2D eigenvalue weighted by molar-refractivity contribution is -0.116. The van der Waals surface area contributed by atoms with Crippen LogP contribution < -0.4 is 14.8 Å². The summed E-state index contributed by atoms with van der Waals surface area (Å²) in [4.78, 5) is 20.6. The zero-order chi connectivity index (χ0) is 17.0. The third kappa shape index (κ3) is 4.31. The van der Waals surface area contributed by atoms with Crippen molar-refractivity contribution in [1.29, 1.82) is 0 Å². The van der Waals surface area contributed by atoms with E-state index in [2.05, 4.69) is 36.1 Å². The van der Waals surface area contributed by atoms with Crippen molar-refractivity contribution in [2.24, 2.45) is 5.41 Å². The van der Waals surface area contributed by atoms with Gasteiger partial charge in [-0.05, 0) is 17.9 Å². The van der Waals surface area contributed by atoms with Crippen molar-refractivity contribution in [2.75, 3.05) is 19.5 Å². The lowest BCUT2D eigenvalue weighted by Crippen LogP contribution is -2.16. The molecule has 23 heavy (non-hydrogen) atoms. The highest BCUT2D eigenvalue weighted by atomic mass is 16.5. The smallest absolute Gasteiger partial charge is 0.225 e. The molecule has 1 N–H and O–H groups in total. The number of nitrogens with one attached hydrogen (secondary N) is 1. The van der Waals surface area contributed by atoms with Crippen LogP contribution in [-0.2, 0) is 4.79 Å². The van der Waals surface area contributed by atoms with E-state index in [1.54, 1.807) is 26.4 Å². The molecular weight excluding hydrogens is 294 g/mol. The normalized spacial score (nSPS) is 11.3. The molecule has 0 saturated carbocycles. The molecule has 0 unspecified atom stereocenters. The van der Waals surface area contributed by atoms with Gasteiger partial charge in [0.05, 0.1) is 19.7 Å². The predicted molar refractivity (Wildman–Crippen MR) is 92.1 cm³/mol.